The fourth-order valence-corrected chi connectivity index (χ4v) is 12.1. The number of allylic oxidation sites excluding steroid dienone is 3. The molecule has 252 valence electrons. The van der Waals surface area contributed by atoms with E-state index in [1.807, 2.05) is 0 Å². The second kappa shape index (κ2) is 10.9. The molecule has 7 aliphatic rings. The van der Waals surface area contributed by atoms with Crippen LogP contribution in [0.25, 0.3) is 0 Å². The summed E-state index contributed by atoms with van der Waals surface area (Å²) in [6.45, 7) is 9.40. The van der Waals surface area contributed by atoms with Gasteiger partial charge in [0.25, 0.3) is 0 Å². The first-order valence-electron chi connectivity index (χ1n) is 17.8. The molecular formula is C36H57N2O7+. The molecule has 9 N–H and O–H groups in total. The van der Waals surface area contributed by atoms with Crippen molar-refractivity contribution in [1.29, 1.82) is 0 Å². The first-order chi connectivity index (χ1) is 21.1. The number of quaternary nitrogens is 1. The molecule has 0 aromatic heterocycles. The average Bonchev–Trinajstić information content (AvgIpc) is 3.41. The van der Waals surface area contributed by atoms with Gasteiger partial charge in [-0.25, -0.2) is 0 Å². The molecule has 5 aliphatic carbocycles. The van der Waals surface area contributed by atoms with Crippen LogP contribution in [0.4, 0.5) is 0 Å². The molecule has 0 bridgehead atoms. The fraction of sp³-hybridized carbons (Fsp3) is 0.861. The van der Waals surface area contributed by atoms with Crippen molar-refractivity contribution in [2.75, 3.05) is 13.2 Å². The first-order valence-corrected chi connectivity index (χ1v) is 17.8. The van der Waals surface area contributed by atoms with E-state index in [1.54, 1.807) is 13.0 Å². The zero-order valence-corrected chi connectivity index (χ0v) is 27.5. The van der Waals surface area contributed by atoms with Gasteiger partial charge < -0.3 is 35.6 Å². The molecule has 2 saturated heterocycles. The SMILES string of the molecule is C[C@@H]1[C@H]([C@@H](O)[C@](C)(O)[C@@H]2CC[C@]3(O)C4=CC(=O)[C@@H]5C[C@@H](O)[C@@H](O)C[C@@]56C[C@H](C5CCC(N)[NH2+]C5)C=C[C@@H](C[C@]23C)[C@@H]46)OC[C@@H]1C. The van der Waals surface area contributed by atoms with E-state index in [2.05, 4.69) is 38.2 Å². The number of fused-ring (bicyclic) bond motifs is 2. The second-order valence-electron chi connectivity index (χ2n) is 17.1. The highest BCUT2D eigenvalue weighted by molar-refractivity contribution is 5.95. The minimum atomic E-state index is -1.52. The molecule has 9 heteroatoms. The Bertz CT molecular complexity index is 1250. The van der Waals surface area contributed by atoms with E-state index in [9.17, 15) is 30.3 Å². The van der Waals surface area contributed by atoms with Crippen LogP contribution in [0.15, 0.2) is 23.8 Å². The average molecular weight is 630 g/mol. The van der Waals surface area contributed by atoms with Gasteiger partial charge in [-0.05, 0) is 104 Å². The minimum absolute atomic E-state index is 0.0189. The van der Waals surface area contributed by atoms with Gasteiger partial charge in [0.1, 0.15) is 12.3 Å². The van der Waals surface area contributed by atoms with E-state index in [-0.39, 0.29) is 48.0 Å². The number of carbonyl (C=O) groups excluding carboxylic acids is 1. The van der Waals surface area contributed by atoms with Crippen molar-refractivity contribution in [3.8, 4) is 0 Å². The molecule has 17 atom stereocenters. The maximum absolute atomic E-state index is 14.2. The lowest BCUT2D eigenvalue weighted by Crippen LogP contribution is -2.95. The Labute approximate surface area is 267 Å². The van der Waals surface area contributed by atoms with E-state index < -0.39 is 58.3 Å². The van der Waals surface area contributed by atoms with E-state index in [1.165, 1.54) is 0 Å². The lowest BCUT2D eigenvalue weighted by Gasteiger charge is -2.63. The van der Waals surface area contributed by atoms with Gasteiger partial charge in [0.2, 0.25) is 0 Å². The molecule has 0 amide bonds. The fourth-order valence-electron chi connectivity index (χ4n) is 12.1. The van der Waals surface area contributed by atoms with Crippen LogP contribution in [0.1, 0.15) is 79.1 Å². The molecule has 0 radical (unpaired) electrons. The van der Waals surface area contributed by atoms with Crippen molar-refractivity contribution < 1.29 is 40.4 Å². The van der Waals surface area contributed by atoms with E-state index in [4.69, 9.17) is 10.5 Å². The summed E-state index contributed by atoms with van der Waals surface area (Å²) >= 11 is 0. The number of hydrogen-bond donors (Lipinski definition) is 7. The Morgan fingerprint density at radius 2 is 1.82 bits per heavy atom. The third-order valence-corrected chi connectivity index (χ3v) is 14.9. The van der Waals surface area contributed by atoms with Gasteiger partial charge in [-0.15, -0.1) is 0 Å². The van der Waals surface area contributed by atoms with Crippen molar-refractivity contribution in [2.24, 2.45) is 63.9 Å². The molecule has 2 aliphatic heterocycles. The van der Waals surface area contributed by atoms with Crippen LogP contribution in [-0.4, -0.2) is 86.3 Å². The molecular weight excluding hydrogens is 572 g/mol. The van der Waals surface area contributed by atoms with Crippen LogP contribution in [-0.2, 0) is 9.53 Å². The van der Waals surface area contributed by atoms with Gasteiger partial charge in [-0.3, -0.25) is 10.5 Å². The van der Waals surface area contributed by atoms with E-state index in [0.717, 1.165) is 31.4 Å². The lowest BCUT2D eigenvalue weighted by atomic mass is 9.42. The van der Waals surface area contributed by atoms with Gasteiger partial charge in [-0.1, -0.05) is 32.9 Å². The normalized spacial score (nSPS) is 54.7. The molecule has 9 nitrogen and oxygen atoms in total. The summed E-state index contributed by atoms with van der Waals surface area (Å²) in [6, 6.07) is 0. The zero-order valence-electron chi connectivity index (χ0n) is 27.5. The Balaban J connectivity index is 1.31. The van der Waals surface area contributed by atoms with E-state index in [0.29, 0.717) is 38.2 Å². The van der Waals surface area contributed by atoms with Crippen LogP contribution in [0, 0.1) is 58.2 Å². The molecule has 1 spiro atoms. The Morgan fingerprint density at radius 1 is 1.09 bits per heavy atom. The van der Waals surface area contributed by atoms with Crippen molar-refractivity contribution in [3.05, 3.63) is 23.8 Å². The smallest absolute Gasteiger partial charge is 0.159 e. The molecule has 45 heavy (non-hydrogen) atoms. The molecule has 0 aromatic carbocycles. The third kappa shape index (κ3) is 4.58. The Hall–Kier alpha value is -1.17. The highest BCUT2D eigenvalue weighted by atomic mass is 16.5. The molecule has 7 rings (SSSR count). The molecule has 5 fully saturated rings. The molecule has 2 heterocycles. The third-order valence-electron chi connectivity index (χ3n) is 14.9. The van der Waals surface area contributed by atoms with Crippen molar-refractivity contribution in [1.82, 2.24) is 0 Å². The number of aliphatic hydroxyl groups is 5. The lowest BCUT2D eigenvalue weighted by molar-refractivity contribution is -0.703. The second-order valence-corrected chi connectivity index (χ2v) is 17.1. The zero-order chi connectivity index (χ0) is 32.3. The number of carbonyl (C=O) groups is 1. The summed E-state index contributed by atoms with van der Waals surface area (Å²) in [6.07, 6.45) is 7.76. The highest BCUT2D eigenvalue weighted by Crippen LogP contribution is 2.72. The monoisotopic (exact) mass is 629 g/mol. The summed E-state index contributed by atoms with van der Waals surface area (Å²) in [5.74, 6) is -0.111. The number of rotatable bonds is 4. The molecule has 3 saturated carbocycles. The van der Waals surface area contributed by atoms with Gasteiger partial charge in [0, 0.05) is 30.3 Å². The predicted molar refractivity (Wildman–Crippen MR) is 167 cm³/mol. The summed E-state index contributed by atoms with van der Waals surface area (Å²) in [5, 5.41) is 61.2. The van der Waals surface area contributed by atoms with Gasteiger partial charge in [-0.2, -0.15) is 0 Å². The van der Waals surface area contributed by atoms with Gasteiger partial charge >= 0.3 is 0 Å². The van der Waals surface area contributed by atoms with Gasteiger partial charge in [0.15, 0.2) is 5.78 Å². The quantitative estimate of drug-likeness (QED) is 0.226. The summed E-state index contributed by atoms with van der Waals surface area (Å²) < 4.78 is 6.02. The van der Waals surface area contributed by atoms with Gasteiger partial charge in [0.05, 0.1) is 36.1 Å². The number of aliphatic hydroxyl groups excluding tert-OH is 3. The van der Waals surface area contributed by atoms with Crippen LogP contribution >= 0.6 is 0 Å². The minimum Gasteiger partial charge on any atom is -0.390 e. The summed E-state index contributed by atoms with van der Waals surface area (Å²) in [5.41, 5.74) is 2.73. The Kier molecular flexibility index (Phi) is 7.86. The first kappa shape index (κ1) is 32.4. The van der Waals surface area contributed by atoms with E-state index >= 15 is 0 Å². The maximum Gasteiger partial charge on any atom is 0.159 e. The van der Waals surface area contributed by atoms with Crippen LogP contribution in [0.5, 0.6) is 0 Å². The number of ether oxygens (including phenoxy) is 1. The number of piperidine rings is 1. The predicted octanol–water partition coefficient (Wildman–Crippen LogP) is 1.01. The highest BCUT2D eigenvalue weighted by Gasteiger charge is 2.72. The summed E-state index contributed by atoms with van der Waals surface area (Å²) in [7, 11) is 0. The number of ketones is 1. The molecule has 2 unspecified atom stereocenters. The number of hydrogen-bond acceptors (Lipinski definition) is 8. The summed E-state index contributed by atoms with van der Waals surface area (Å²) in [4.78, 5) is 14.2. The van der Waals surface area contributed by atoms with Crippen molar-refractivity contribution in [3.63, 3.8) is 0 Å². The van der Waals surface area contributed by atoms with Crippen LogP contribution in [0.3, 0.4) is 0 Å². The van der Waals surface area contributed by atoms with Crippen molar-refractivity contribution >= 4 is 5.78 Å². The Morgan fingerprint density at radius 3 is 2.49 bits per heavy atom. The molecule has 0 aromatic rings. The van der Waals surface area contributed by atoms with Crippen LogP contribution < -0.4 is 11.1 Å². The maximum atomic E-state index is 14.2. The topological polar surface area (TPSA) is 170 Å². The number of nitrogens with two attached hydrogens (primary N) is 2. The van der Waals surface area contributed by atoms with Crippen molar-refractivity contribution in [2.45, 2.75) is 121 Å². The standard InChI is InChI=1S/C36H56N2O7/c1-18-17-45-31(19(18)2)32(42)34(4,43)28-9-10-36(44)24-12-25(39)23-11-26(40)27(41)15-35(23)14-20(22-7-8-29(37)38-16-22)5-6-21(30(24)35)13-33(28,36)3/h5-6,12,18-23,26-32,38,40-44H,7-11,13-17,37H2,1-4H3/p+1/t18-,19-,20+,21-,22?,23-,26+,27-,28+,29?,30-,31+,32+,33+,34+,35-,36-/m0/s1. The largest absolute Gasteiger partial charge is 0.390 e. The van der Waals surface area contributed by atoms with Crippen LogP contribution in [0.2, 0.25) is 0 Å².